The van der Waals surface area contributed by atoms with Crippen LogP contribution >= 0.6 is 11.5 Å². The van der Waals surface area contributed by atoms with E-state index in [0.717, 1.165) is 24.2 Å². The first-order valence-electron chi connectivity index (χ1n) is 6.65. The van der Waals surface area contributed by atoms with Crippen LogP contribution in [0.5, 0.6) is 0 Å². The van der Waals surface area contributed by atoms with E-state index < -0.39 is 0 Å². The van der Waals surface area contributed by atoms with Crippen molar-refractivity contribution < 1.29 is 0 Å². The zero-order chi connectivity index (χ0) is 13.8. The number of nitrogens with one attached hydrogen (secondary N) is 1. The summed E-state index contributed by atoms with van der Waals surface area (Å²) in [6, 6.07) is 2.79. The van der Waals surface area contributed by atoms with Crippen LogP contribution in [0.3, 0.4) is 0 Å². The maximum absolute atomic E-state index is 4.65. The first-order chi connectivity index (χ1) is 9.15. The number of aryl methyl sites for hydroxylation is 1. The van der Waals surface area contributed by atoms with E-state index in [2.05, 4.69) is 46.1 Å². The van der Waals surface area contributed by atoms with Gasteiger partial charge in [0.1, 0.15) is 0 Å². The molecule has 0 bridgehead atoms. The minimum Gasteiger partial charge on any atom is -0.312 e. The summed E-state index contributed by atoms with van der Waals surface area (Å²) >= 11 is 1.46. The first-order valence-corrected chi connectivity index (χ1v) is 7.43. The van der Waals surface area contributed by atoms with Gasteiger partial charge in [-0.1, -0.05) is 11.4 Å². The third-order valence-corrected chi connectivity index (χ3v) is 4.41. The number of likely N-dealkylation sites (N-methyl/N-ethyl adjacent to an activating group) is 1. The van der Waals surface area contributed by atoms with Gasteiger partial charge in [-0.2, -0.15) is 5.10 Å². The van der Waals surface area contributed by atoms with Gasteiger partial charge >= 0.3 is 0 Å². The van der Waals surface area contributed by atoms with Crippen molar-refractivity contribution in [1.82, 2.24) is 24.7 Å². The van der Waals surface area contributed by atoms with E-state index in [1.807, 2.05) is 18.7 Å². The Balaban J connectivity index is 2.11. The molecule has 0 saturated carbocycles. The molecule has 104 valence electrons. The van der Waals surface area contributed by atoms with E-state index in [-0.39, 0.29) is 6.04 Å². The molecule has 2 unspecified atom stereocenters. The van der Waals surface area contributed by atoms with Gasteiger partial charge in [-0.15, -0.1) is 5.10 Å². The summed E-state index contributed by atoms with van der Waals surface area (Å²) in [6.07, 6.45) is 4.02. The lowest BCUT2D eigenvalue weighted by atomic mass is 10.1. The van der Waals surface area contributed by atoms with Crippen molar-refractivity contribution in [3.05, 3.63) is 28.5 Å². The summed E-state index contributed by atoms with van der Waals surface area (Å²) in [6.45, 7) is 6.36. The number of hydrogen-bond acceptors (Lipinski definition) is 5. The van der Waals surface area contributed by atoms with Crippen molar-refractivity contribution in [2.45, 2.75) is 45.7 Å². The lowest BCUT2D eigenvalue weighted by Crippen LogP contribution is -2.19. The summed E-state index contributed by atoms with van der Waals surface area (Å²) < 4.78 is 6.05. The molecule has 0 aromatic carbocycles. The smallest absolute Gasteiger partial charge is 0.0772 e. The largest absolute Gasteiger partial charge is 0.312 e. The number of nitrogens with zero attached hydrogens (tertiary/aromatic N) is 4. The van der Waals surface area contributed by atoms with Crippen LogP contribution in [-0.4, -0.2) is 26.4 Å². The molecule has 1 N–H and O–H groups in total. The Morgan fingerprint density at radius 2 is 2.26 bits per heavy atom. The predicted octanol–water partition coefficient (Wildman–Crippen LogP) is 2.52. The number of aromatic nitrogens is 4. The molecular weight excluding hydrogens is 258 g/mol. The van der Waals surface area contributed by atoms with Gasteiger partial charge in [0.25, 0.3) is 0 Å². The van der Waals surface area contributed by atoms with E-state index in [4.69, 9.17) is 0 Å². The molecule has 0 aliphatic heterocycles. The van der Waals surface area contributed by atoms with Gasteiger partial charge in [0, 0.05) is 18.7 Å². The maximum Gasteiger partial charge on any atom is 0.0772 e. The highest BCUT2D eigenvalue weighted by Crippen LogP contribution is 2.23. The Morgan fingerprint density at radius 3 is 2.84 bits per heavy atom. The predicted molar refractivity (Wildman–Crippen MR) is 77.4 cm³/mol. The first kappa shape index (κ1) is 14.1. The van der Waals surface area contributed by atoms with Gasteiger partial charge in [0.05, 0.1) is 22.3 Å². The molecule has 0 saturated heterocycles. The molecule has 0 spiro atoms. The van der Waals surface area contributed by atoms with Crippen molar-refractivity contribution in [2.75, 3.05) is 7.05 Å². The Kier molecular flexibility index (Phi) is 4.66. The fourth-order valence-electron chi connectivity index (χ4n) is 2.01. The molecule has 0 aliphatic carbocycles. The van der Waals surface area contributed by atoms with Crippen LogP contribution < -0.4 is 5.32 Å². The quantitative estimate of drug-likeness (QED) is 0.883. The van der Waals surface area contributed by atoms with Gasteiger partial charge in [0.15, 0.2) is 0 Å². The zero-order valence-corrected chi connectivity index (χ0v) is 12.7. The highest BCUT2D eigenvalue weighted by Gasteiger charge is 2.17. The monoisotopic (exact) mass is 279 g/mol. The summed E-state index contributed by atoms with van der Waals surface area (Å²) in [4.78, 5) is 1.19. The molecule has 6 heteroatoms. The molecule has 0 aliphatic rings. The third kappa shape index (κ3) is 3.19. The highest BCUT2D eigenvalue weighted by atomic mass is 32.1. The molecule has 2 aromatic heterocycles. The normalized spacial score (nSPS) is 14.5. The average molecular weight is 279 g/mol. The van der Waals surface area contributed by atoms with Crippen molar-refractivity contribution in [3.8, 4) is 0 Å². The Morgan fingerprint density at radius 1 is 1.47 bits per heavy atom. The van der Waals surface area contributed by atoms with Crippen LogP contribution in [0, 0.1) is 6.92 Å². The lowest BCUT2D eigenvalue weighted by Gasteiger charge is -2.13. The second-order valence-corrected chi connectivity index (χ2v) is 5.60. The van der Waals surface area contributed by atoms with Crippen molar-refractivity contribution in [1.29, 1.82) is 0 Å². The molecule has 0 radical (unpaired) electrons. The Bertz CT molecular complexity index is 519. The van der Waals surface area contributed by atoms with Crippen LogP contribution in [0.1, 0.15) is 48.6 Å². The second-order valence-electron chi connectivity index (χ2n) is 4.81. The summed E-state index contributed by atoms with van der Waals surface area (Å²) in [5.74, 6) is 0. The maximum atomic E-state index is 4.65. The molecule has 2 rings (SSSR count). The molecular formula is C13H21N5S. The molecule has 2 aromatic rings. The Labute approximate surface area is 118 Å². The molecule has 5 nitrogen and oxygen atoms in total. The topological polar surface area (TPSA) is 55.6 Å². The van der Waals surface area contributed by atoms with Crippen molar-refractivity contribution in [3.63, 3.8) is 0 Å². The highest BCUT2D eigenvalue weighted by molar-refractivity contribution is 7.05. The fourth-order valence-corrected chi connectivity index (χ4v) is 2.76. The molecule has 19 heavy (non-hydrogen) atoms. The molecule has 0 fully saturated rings. The zero-order valence-electron chi connectivity index (χ0n) is 11.9. The van der Waals surface area contributed by atoms with Crippen LogP contribution in [0.2, 0.25) is 0 Å². The van der Waals surface area contributed by atoms with Gasteiger partial charge in [0.2, 0.25) is 0 Å². The molecule has 0 amide bonds. The SMILES string of the molecule is CCC(C)n1ccc(CC(NC)c2snnc2C)n1. The van der Waals surface area contributed by atoms with Gasteiger partial charge in [-0.3, -0.25) is 4.68 Å². The summed E-state index contributed by atoms with van der Waals surface area (Å²) in [5.41, 5.74) is 2.11. The standard InChI is InChI=1S/C13H21N5S/c1-5-9(2)18-7-6-11(16-18)8-12(14-4)13-10(3)15-17-19-13/h6-7,9,12,14H,5,8H2,1-4H3. The van der Waals surface area contributed by atoms with Crippen molar-refractivity contribution >= 4 is 11.5 Å². The Hall–Kier alpha value is -1.27. The van der Waals surface area contributed by atoms with Gasteiger partial charge in [-0.05, 0) is 44.9 Å². The number of hydrogen-bond donors (Lipinski definition) is 1. The minimum atomic E-state index is 0.236. The average Bonchev–Trinajstić information content (AvgIpc) is 3.04. The van der Waals surface area contributed by atoms with Crippen molar-refractivity contribution in [2.24, 2.45) is 0 Å². The van der Waals surface area contributed by atoms with E-state index in [1.165, 1.54) is 16.4 Å². The second kappa shape index (κ2) is 6.25. The number of rotatable bonds is 6. The van der Waals surface area contributed by atoms with E-state index in [0.29, 0.717) is 6.04 Å². The summed E-state index contributed by atoms with van der Waals surface area (Å²) in [7, 11) is 1.97. The molecule has 2 atom stereocenters. The van der Waals surface area contributed by atoms with Gasteiger partial charge < -0.3 is 5.32 Å². The van der Waals surface area contributed by atoms with E-state index in [1.54, 1.807) is 0 Å². The van der Waals surface area contributed by atoms with E-state index >= 15 is 0 Å². The molecule has 2 heterocycles. The third-order valence-electron chi connectivity index (χ3n) is 3.47. The van der Waals surface area contributed by atoms with Gasteiger partial charge in [-0.25, -0.2) is 0 Å². The van der Waals surface area contributed by atoms with Crippen LogP contribution in [0.25, 0.3) is 0 Å². The van der Waals surface area contributed by atoms with Crippen LogP contribution in [0.4, 0.5) is 0 Å². The van der Waals surface area contributed by atoms with E-state index in [9.17, 15) is 0 Å². The fraction of sp³-hybridized carbons (Fsp3) is 0.615. The minimum absolute atomic E-state index is 0.236. The van der Waals surface area contributed by atoms with Crippen LogP contribution in [-0.2, 0) is 6.42 Å². The summed E-state index contributed by atoms with van der Waals surface area (Å²) in [5, 5.41) is 12.1. The van der Waals surface area contributed by atoms with Crippen LogP contribution in [0.15, 0.2) is 12.3 Å². The lowest BCUT2D eigenvalue weighted by molar-refractivity contribution is 0.469.